The first-order chi connectivity index (χ1) is 9.65. The summed E-state index contributed by atoms with van der Waals surface area (Å²) in [6, 6.07) is 8.02. The number of hydrogen-bond donors (Lipinski definition) is 1. The Bertz CT molecular complexity index is 580. The van der Waals surface area contributed by atoms with Gasteiger partial charge >= 0.3 is 0 Å². The summed E-state index contributed by atoms with van der Waals surface area (Å²) < 4.78 is 7.16. The van der Waals surface area contributed by atoms with Crippen LogP contribution in [0.4, 0.5) is 0 Å². The normalized spacial score (nSPS) is 10.8. The summed E-state index contributed by atoms with van der Waals surface area (Å²) in [5.41, 5.74) is 3.10. The molecule has 0 fully saturated rings. The Balaban J connectivity index is 1.99. The minimum atomic E-state index is 0.699. The highest BCUT2D eigenvalue weighted by molar-refractivity contribution is 6.31. The first-order valence-corrected chi connectivity index (χ1v) is 7.09. The van der Waals surface area contributed by atoms with E-state index >= 15 is 0 Å². The first kappa shape index (κ1) is 14.9. The summed E-state index contributed by atoms with van der Waals surface area (Å²) in [5.74, 6) is 0.872. The smallest absolute Gasteiger partial charge is 0.119 e. The van der Waals surface area contributed by atoms with Crippen LogP contribution in [0.3, 0.4) is 0 Å². The average Bonchev–Trinajstić information content (AvgIpc) is 2.75. The van der Waals surface area contributed by atoms with Crippen molar-refractivity contribution >= 4 is 11.6 Å². The Hall–Kier alpha value is -1.52. The van der Waals surface area contributed by atoms with Crippen LogP contribution >= 0.6 is 11.6 Å². The standard InChI is InChI=1S/C15H20ClN3O/c1-4-19-14(15(16)11(2)18-19)10-17-9-12-6-5-7-13(8-12)20-3/h5-8,17H,4,9-10H2,1-3H3. The maximum Gasteiger partial charge on any atom is 0.119 e. The maximum absolute atomic E-state index is 6.28. The van der Waals surface area contributed by atoms with Gasteiger partial charge in [-0.25, -0.2) is 0 Å². The van der Waals surface area contributed by atoms with Crippen LogP contribution in [0.25, 0.3) is 0 Å². The highest BCUT2D eigenvalue weighted by Gasteiger charge is 2.11. The van der Waals surface area contributed by atoms with E-state index < -0.39 is 0 Å². The van der Waals surface area contributed by atoms with Gasteiger partial charge in [-0.05, 0) is 31.5 Å². The molecule has 0 aliphatic rings. The van der Waals surface area contributed by atoms with E-state index in [-0.39, 0.29) is 0 Å². The van der Waals surface area contributed by atoms with Gasteiger partial charge in [-0.15, -0.1) is 0 Å². The van der Waals surface area contributed by atoms with E-state index in [9.17, 15) is 0 Å². The summed E-state index contributed by atoms with van der Waals surface area (Å²) in [6.07, 6.45) is 0. The molecule has 2 aromatic rings. The van der Waals surface area contributed by atoms with Crippen molar-refractivity contribution in [3.63, 3.8) is 0 Å². The van der Waals surface area contributed by atoms with Gasteiger partial charge in [0.1, 0.15) is 5.75 Å². The number of aryl methyl sites for hydroxylation is 2. The summed E-state index contributed by atoms with van der Waals surface area (Å²) in [7, 11) is 1.68. The van der Waals surface area contributed by atoms with E-state index in [1.807, 2.05) is 29.8 Å². The fourth-order valence-electron chi connectivity index (χ4n) is 2.15. The number of halogens is 1. The second-order valence-corrected chi connectivity index (χ2v) is 4.99. The molecule has 1 N–H and O–H groups in total. The van der Waals surface area contributed by atoms with Crippen LogP contribution in [0, 0.1) is 6.92 Å². The molecule has 0 aliphatic carbocycles. The highest BCUT2D eigenvalue weighted by Crippen LogP contribution is 2.20. The average molecular weight is 294 g/mol. The molecule has 0 unspecified atom stereocenters. The predicted molar refractivity (Wildman–Crippen MR) is 81.2 cm³/mol. The monoisotopic (exact) mass is 293 g/mol. The lowest BCUT2D eigenvalue weighted by Gasteiger charge is -2.08. The molecule has 20 heavy (non-hydrogen) atoms. The Labute approximate surface area is 124 Å². The van der Waals surface area contributed by atoms with Crippen LogP contribution in [0.2, 0.25) is 5.02 Å². The van der Waals surface area contributed by atoms with E-state index in [0.717, 1.165) is 35.2 Å². The minimum Gasteiger partial charge on any atom is -0.497 e. The molecule has 5 heteroatoms. The zero-order chi connectivity index (χ0) is 14.5. The third-order valence-electron chi connectivity index (χ3n) is 3.21. The van der Waals surface area contributed by atoms with E-state index in [1.54, 1.807) is 7.11 Å². The largest absolute Gasteiger partial charge is 0.497 e. The molecular formula is C15H20ClN3O. The molecule has 2 rings (SSSR count). The second-order valence-electron chi connectivity index (χ2n) is 4.62. The van der Waals surface area contributed by atoms with Gasteiger partial charge in [-0.3, -0.25) is 4.68 Å². The quantitative estimate of drug-likeness (QED) is 0.889. The molecule has 0 amide bonds. The second kappa shape index (κ2) is 6.77. The lowest BCUT2D eigenvalue weighted by atomic mass is 10.2. The van der Waals surface area contributed by atoms with E-state index in [2.05, 4.69) is 23.4 Å². The minimum absolute atomic E-state index is 0.699. The van der Waals surface area contributed by atoms with Crippen molar-refractivity contribution in [1.29, 1.82) is 0 Å². The summed E-state index contributed by atoms with van der Waals surface area (Å²) in [5, 5.41) is 8.56. The van der Waals surface area contributed by atoms with E-state index in [4.69, 9.17) is 16.3 Å². The number of nitrogens with one attached hydrogen (secondary N) is 1. The number of rotatable bonds is 6. The van der Waals surface area contributed by atoms with Crippen molar-refractivity contribution in [2.45, 2.75) is 33.5 Å². The molecule has 0 saturated carbocycles. The number of benzene rings is 1. The molecule has 0 spiro atoms. The molecular weight excluding hydrogens is 274 g/mol. The number of aromatic nitrogens is 2. The zero-order valence-corrected chi connectivity index (χ0v) is 12.9. The summed E-state index contributed by atoms with van der Waals surface area (Å²) in [6.45, 7) is 6.28. The predicted octanol–water partition coefficient (Wildman–Crippen LogP) is 3.16. The topological polar surface area (TPSA) is 39.1 Å². The van der Waals surface area contributed by atoms with Crippen LogP contribution in [-0.2, 0) is 19.6 Å². The number of hydrogen-bond acceptors (Lipinski definition) is 3. The Kier molecular flexibility index (Phi) is 5.04. The fourth-order valence-corrected chi connectivity index (χ4v) is 2.35. The molecule has 0 saturated heterocycles. The Morgan fingerprint density at radius 2 is 2.15 bits per heavy atom. The lowest BCUT2D eigenvalue weighted by Crippen LogP contribution is -2.16. The molecule has 1 aromatic heterocycles. The van der Waals surface area contributed by atoms with E-state index in [1.165, 1.54) is 5.56 Å². The van der Waals surface area contributed by atoms with Gasteiger partial charge < -0.3 is 10.1 Å². The van der Waals surface area contributed by atoms with Gasteiger partial charge in [0.05, 0.1) is 23.5 Å². The van der Waals surface area contributed by atoms with Crippen molar-refractivity contribution in [2.75, 3.05) is 7.11 Å². The molecule has 0 radical (unpaired) electrons. The number of methoxy groups -OCH3 is 1. The third-order valence-corrected chi connectivity index (χ3v) is 3.70. The molecule has 0 atom stereocenters. The number of ether oxygens (including phenoxy) is 1. The van der Waals surface area contributed by atoms with Gasteiger partial charge in [0.25, 0.3) is 0 Å². The van der Waals surface area contributed by atoms with Crippen LogP contribution < -0.4 is 10.1 Å². The van der Waals surface area contributed by atoms with Crippen molar-refractivity contribution < 1.29 is 4.74 Å². The van der Waals surface area contributed by atoms with Crippen molar-refractivity contribution in [3.8, 4) is 5.75 Å². The van der Waals surface area contributed by atoms with Gasteiger partial charge in [-0.2, -0.15) is 5.10 Å². The first-order valence-electron chi connectivity index (χ1n) is 6.71. The van der Waals surface area contributed by atoms with Crippen molar-refractivity contribution in [1.82, 2.24) is 15.1 Å². The van der Waals surface area contributed by atoms with E-state index in [0.29, 0.717) is 6.54 Å². The van der Waals surface area contributed by atoms with Crippen LogP contribution in [0.15, 0.2) is 24.3 Å². The lowest BCUT2D eigenvalue weighted by molar-refractivity contribution is 0.414. The highest BCUT2D eigenvalue weighted by atomic mass is 35.5. The number of nitrogens with zero attached hydrogens (tertiary/aromatic N) is 2. The Morgan fingerprint density at radius 1 is 1.35 bits per heavy atom. The van der Waals surface area contributed by atoms with Crippen LogP contribution in [-0.4, -0.2) is 16.9 Å². The maximum atomic E-state index is 6.28. The molecule has 1 aromatic carbocycles. The van der Waals surface area contributed by atoms with Crippen molar-refractivity contribution in [3.05, 3.63) is 46.2 Å². The molecule has 1 heterocycles. The van der Waals surface area contributed by atoms with Crippen LogP contribution in [0.1, 0.15) is 23.9 Å². The van der Waals surface area contributed by atoms with Gasteiger partial charge in [-0.1, -0.05) is 23.7 Å². The van der Waals surface area contributed by atoms with Crippen LogP contribution in [0.5, 0.6) is 5.75 Å². The molecule has 4 nitrogen and oxygen atoms in total. The zero-order valence-electron chi connectivity index (χ0n) is 12.1. The molecule has 108 valence electrons. The molecule has 0 aliphatic heterocycles. The fraction of sp³-hybridized carbons (Fsp3) is 0.400. The van der Waals surface area contributed by atoms with Crippen molar-refractivity contribution in [2.24, 2.45) is 0 Å². The summed E-state index contributed by atoms with van der Waals surface area (Å²) >= 11 is 6.28. The third kappa shape index (κ3) is 3.32. The van der Waals surface area contributed by atoms with Gasteiger partial charge in [0.2, 0.25) is 0 Å². The summed E-state index contributed by atoms with van der Waals surface area (Å²) in [4.78, 5) is 0. The van der Waals surface area contributed by atoms with Gasteiger partial charge in [0.15, 0.2) is 0 Å². The SMILES string of the molecule is CCn1nc(C)c(Cl)c1CNCc1cccc(OC)c1. The van der Waals surface area contributed by atoms with Gasteiger partial charge in [0, 0.05) is 19.6 Å². The molecule has 0 bridgehead atoms. The Morgan fingerprint density at radius 3 is 2.85 bits per heavy atom.